The summed E-state index contributed by atoms with van der Waals surface area (Å²) < 4.78 is 4.43. The summed E-state index contributed by atoms with van der Waals surface area (Å²) >= 11 is 0. The van der Waals surface area contributed by atoms with Crippen molar-refractivity contribution in [2.45, 2.75) is 32.7 Å². The first-order valence-corrected chi connectivity index (χ1v) is 5.27. The first-order valence-electron chi connectivity index (χ1n) is 5.27. The van der Waals surface area contributed by atoms with Gasteiger partial charge in [0.1, 0.15) is 0 Å². The van der Waals surface area contributed by atoms with Crippen LogP contribution < -0.4 is 5.43 Å². The van der Waals surface area contributed by atoms with Gasteiger partial charge >= 0.3 is 6.09 Å². The summed E-state index contributed by atoms with van der Waals surface area (Å²) in [5, 5.41) is 4.01. The van der Waals surface area contributed by atoms with Gasteiger partial charge in [0.05, 0.1) is 7.11 Å². The SMILES string of the molecule is COC(=O)NN=C1CCN(C(C)C)CC1. The third kappa shape index (κ3) is 3.87. The minimum absolute atomic E-state index is 0.506. The van der Waals surface area contributed by atoms with E-state index < -0.39 is 6.09 Å². The summed E-state index contributed by atoms with van der Waals surface area (Å²) in [5.74, 6) is 0. The minimum Gasteiger partial charge on any atom is -0.452 e. The van der Waals surface area contributed by atoms with Crippen LogP contribution in [0.2, 0.25) is 0 Å². The van der Waals surface area contributed by atoms with Gasteiger partial charge in [-0.2, -0.15) is 5.10 Å². The molecule has 0 aliphatic carbocycles. The van der Waals surface area contributed by atoms with Crippen LogP contribution in [0.4, 0.5) is 4.79 Å². The predicted octanol–water partition coefficient (Wildman–Crippen LogP) is 1.20. The van der Waals surface area contributed by atoms with Crippen molar-refractivity contribution in [1.29, 1.82) is 0 Å². The van der Waals surface area contributed by atoms with Crippen LogP contribution in [-0.4, -0.2) is 42.9 Å². The lowest BCUT2D eigenvalue weighted by molar-refractivity contribution is 0.171. The maximum Gasteiger partial charge on any atom is 0.427 e. The Hall–Kier alpha value is -1.10. The fourth-order valence-corrected chi connectivity index (χ4v) is 1.58. The summed E-state index contributed by atoms with van der Waals surface area (Å²) in [7, 11) is 1.33. The van der Waals surface area contributed by atoms with Gasteiger partial charge in [-0.3, -0.25) is 0 Å². The Morgan fingerprint density at radius 3 is 2.53 bits per heavy atom. The van der Waals surface area contributed by atoms with Crippen LogP contribution in [0.3, 0.4) is 0 Å². The number of carbonyl (C=O) groups is 1. The maximum atomic E-state index is 10.8. The van der Waals surface area contributed by atoms with Crippen molar-refractivity contribution >= 4 is 11.8 Å². The zero-order valence-corrected chi connectivity index (χ0v) is 9.62. The highest BCUT2D eigenvalue weighted by Crippen LogP contribution is 2.09. The van der Waals surface area contributed by atoms with Crippen LogP contribution in [0.1, 0.15) is 26.7 Å². The van der Waals surface area contributed by atoms with Crippen molar-refractivity contribution in [2.24, 2.45) is 5.10 Å². The summed E-state index contributed by atoms with van der Waals surface area (Å²) in [4.78, 5) is 13.2. The summed E-state index contributed by atoms with van der Waals surface area (Å²) in [6.07, 6.45) is 1.33. The van der Waals surface area contributed by atoms with E-state index in [0.717, 1.165) is 31.6 Å². The number of hydrogen-bond donors (Lipinski definition) is 1. The molecule has 0 unspecified atom stereocenters. The number of methoxy groups -OCH3 is 1. The van der Waals surface area contributed by atoms with Gasteiger partial charge in [-0.25, -0.2) is 10.2 Å². The van der Waals surface area contributed by atoms with E-state index in [9.17, 15) is 4.79 Å². The number of nitrogens with zero attached hydrogens (tertiary/aromatic N) is 2. The second kappa shape index (κ2) is 5.70. The van der Waals surface area contributed by atoms with Gasteiger partial charge in [-0.1, -0.05) is 0 Å². The molecule has 5 nitrogen and oxygen atoms in total. The highest BCUT2D eigenvalue weighted by molar-refractivity contribution is 5.86. The van der Waals surface area contributed by atoms with Crippen molar-refractivity contribution in [3.05, 3.63) is 0 Å². The highest BCUT2D eigenvalue weighted by Gasteiger charge is 2.17. The van der Waals surface area contributed by atoms with Gasteiger partial charge in [0.2, 0.25) is 0 Å². The molecule has 1 amide bonds. The van der Waals surface area contributed by atoms with Crippen LogP contribution >= 0.6 is 0 Å². The molecule has 0 aromatic heterocycles. The normalized spacial score (nSPS) is 17.7. The van der Waals surface area contributed by atoms with Gasteiger partial charge in [0.15, 0.2) is 0 Å². The molecule has 1 rings (SSSR count). The fraction of sp³-hybridized carbons (Fsp3) is 0.800. The largest absolute Gasteiger partial charge is 0.452 e. The molecule has 1 fully saturated rings. The van der Waals surface area contributed by atoms with E-state index in [0.29, 0.717) is 6.04 Å². The molecule has 1 saturated heterocycles. The van der Waals surface area contributed by atoms with Crippen LogP contribution in [-0.2, 0) is 4.74 Å². The van der Waals surface area contributed by atoms with Crippen LogP contribution in [0.5, 0.6) is 0 Å². The number of hydrogen-bond acceptors (Lipinski definition) is 4. The molecular formula is C10H19N3O2. The number of carbonyl (C=O) groups excluding carboxylic acids is 1. The topological polar surface area (TPSA) is 53.9 Å². The monoisotopic (exact) mass is 213 g/mol. The second-order valence-electron chi connectivity index (χ2n) is 3.91. The number of hydrazone groups is 1. The Labute approximate surface area is 90.5 Å². The van der Waals surface area contributed by atoms with E-state index in [2.05, 4.69) is 34.0 Å². The second-order valence-corrected chi connectivity index (χ2v) is 3.91. The number of ether oxygens (including phenoxy) is 1. The number of rotatable bonds is 2. The van der Waals surface area contributed by atoms with Crippen LogP contribution in [0.15, 0.2) is 5.10 Å². The molecule has 0 bridgehead atoms. The highest BCUT2D eigenvalue weighted by atomic mass is 16.5. The molecule has 1 heterocycles. The Morgan fingerprint density at radius 1 is 1.47 bits per heavy atom. The zero-order valence-electron chi connectivity index (χ0n) is 9.62. The number of piperidine rings is 1. The first kappa shape index (κ1) is 12.0. The third-order valence-electron chi connectivity index (χ3n) is 2.60. The Balaban J connectivity index is 2.33. The number of likely N-dealkylation sites (tertiary alicyclic amines) is 1. The van der Waals surface area contributed by atoms with Crippen molar-refractivity contribution in [1.82, 2.24) is 10.3 Å². The van der Waals surface area contributed by atoms with Crippen molar-refractivity contribution in [3.63, 3.8) is 0 Å². The molecule has 5 heteroatoms. The van der Waals surface area contributed by atoms with Crippen molar-refractivity contribution < 1.29 is 9.53 Å². The molecule has 0 atom stereocenters. The smallest absolute Gasteiger partial charge is 0.427 e. The van der Waals surface area contributed by atoms with Gasteiger partial charge in [-0.05, 0) is 13.8 Å². The summed E-state index contributed by atoms with van der Waals surface area (Å²) in [5.41, 5.74) is 3.39. The van der Waals surface area contributed by atoms with Gasteiger partial charge in [-0.15, -0.1) is 0 Å². The Kier molecular flexibility index (Phi) is 4.55. The molecule has 1 N–H and O–H groups in total. The quantitative estimate of drug-likeness (QED) is 0.701. The molecular weight excluding hydrogens is 194 g/mol. The van der Waals surface area contributed by atoms with Crippen LogP contribution in [0.25, 0.3) is 0 Å². The summed E-state index contributed by atoms with van der Waals surface area (Å²) in [6, 6.07) is 0.583. The zero-order chi connectivity index (χ0) is 11.3. The lowest BCUT2D eigenvalue weighted by Gasteiger charge is -2.30. The van der Waals surface area contributed by atoms with Crippen LogP contribution in [0, 0.1) is 0 Å². The van der Waals surface area contributed by atoms with Gasteiger partial charge in [0.25, 0.3) is 0 Å². The van der Waals surface area contributed by atoms with Crippen molar-refractivity contribution in [3.8, 4) is 0 Å². The van der Waals surface area contributed by atoms with Crippen molar-refractivity contribution in [2.75, 3.05) is 20.2 Å². The number of nitrogens with one attached hydrogen (secondary N) is 1. The van der Waals surface area contributed by atoms with E-state index in [1.165, 1.54) is 7.11 Å². The Bertz CT molecular complexity index is 241. The van der Waals surface area contributed by atoms with E-state index in [1.54, 1.807) is 0 Å². The molecule has 0 aromatic rings. The average Bonchev–Trinajstić information content (AvgIpc) is 2.26. The fourth-order valence-electron chi connectivity index (χ4n) is 1.58. The predicted molar refractivity (Wildman–Crippen MR) is 58.9 cm³/mol. The Morgan fingerprint density at radius 2 is 2.07 bits per heavy atom. The molecule has 0 saturated carbocycles. The van der Waals surface area contributed by atoms with E-state index in [1.807, 2.05) is 0 Å². The van der Waals surface area contributed by atoms with E-state index in [-0.39, 0.29) is 0 Å². The minimum atomic E-state index is -0.506. The molecule has 0 radical (unpaired) electrons. The molecule has 1 aliphatic heterocycles. The molecule has 1 aliphatic rings. The summed E-state index contributed by atoms with van der Waals surface area (Å²) in [6.45, 7) is 6.41. The molecule has 15 heavy (non-hydrogen) atoms. The molecule has 86 valence electrons. The van der Waals surface area contributed by atoms with E-state index in [4.69, 9.17) is 0 Å². The van der Waals surface area contributed by atoms with Gasteiger partial charge in [0, 0.05) is 37.7 Å². The van der Waals surface area contributed by atoms with Gasteiger partial charge < -0.3 is 9.64 Å². The third-order valence-corrected chi connectivity index (χ3v) is 2.60. The molecule has 0 spiro atoms. The number of amides is 1. The average molecular weight is 213 g/mol. The van der Waals surface area contributed by atoms with E-state index >= 15 is 0 Å². The lowest BCUT2D eigenvalue weighted by atomic mass is 10.1. The first-order chi connectivity index (χ1) is 7.13. The standard InChI is InChI=1S/C10H19N3O2/c1-8(2)13-6-4-9(5-7-13)11-12-10(14)15-3/h8H,4-7H2,1-3H3,(H,12,14). The lowest BCUT2D eigenvalue weighted by Crippen LogP contribution is -2.39. The molecule has 0 aromatic carbocycles. The maximum absolute atomic E-state index is 10.8.